The van der Waals surface area contributed by atoms with Crippen LogP contribution in [-0.4, -0.2) is 34.1 Å². The van der Waals surface area contributed by atoms with E-state index in [1.165, 1.54) is 6.07 Å². The molecule has 0 aliphatic heterocycles. The molecule has 1 atom stereocenters. The van der Waals surface area contributed by atoms with Gasteiger partial charge in [-0.05, 0) is 48.4 Å². The molecule has 0 saturated carbocycles. The van der Waals surface area contributed by atoms with Crippen molar-refractivity contribution in [3.05, 3.63) is 107 Å². The Labute approximate surface area is 236 Å². The van der Waals surface area contributed by atoms with Crippen molar-refractivity contribution in [2.24, 2.45) is 0 Å². The second-order valence-corrected chi connectivity index (χ2v) is 9.79. The highest BCUT2D eigenvalue weighted by molar-refractivity contribution is 6.34. The summed E-state index contributed by atoms with van der Waals surface area (Å²) in [5, 5.41) is 13.6. The summed E-state index contributed by atoms with van der Waals surface area (Å²) >= 11 is 6.67. The summed E-state index contributed by atoms with van der Waals surface area (Å²) in [6.07, 6.45) is 1.52. The van der Waals surface area contributed by atoms with E-state index in [1.807, 2.05) is 61.5 Å². The second kappa shape index (κ2) is 11.6. The molecule has 0 bridgehead atoms. The molecule has 8 heteroatoms. The number of rotatable bonds is 9. The van der Waals surface area contributed by atoms with Crippen LogP contribution in [0.2, 0.25) is 5.02 Å². The fourth-order valence-electron chi connectivity index (χ4n) is 4.95. The number of H-pyrrole nitrogens is 1. The zero-order valence-electron chi connectivity index (χ0n) is 22.1. The number of nitrogens with zero attached hydrogens (tertiary/aromatic N) is 1. The molecule has 0 unspecified atom stereocenters. The predicted octanol–water partition coefficient (Wildman–Crippen LogP) is 7.53. The van der Waals surface area contributed by atoms with Gasteiger partial charge in [-0.15, -0.1) is 0 Å². The predicted molar refractivity (Wildman–Crippen MR) is 157 cm³/mol. The number of aromatic carboxylic acids is 1. The Balaban J connectivity index is 1.54. The number of carboxylic acid groups (broad SMARTS) is 1. The SMILES string of the molecule is CCC[C@H](NC(=O)c1ccc(-c2c(Cl)cccc2-c2nc3ccccc3[nH]2)c(C(=O)O)c1)c1ccccc1OC. The summed E-state index contributed by atoms with van der Waals surface area (Å²) in [4.78, 5) is 33.9. The molecule has 7 nitrogen and oxygen atoms in total. The highest BCUT2D eigenvalue weighted by Crippen LogP contribution is 2.39. The molecule has 40 heavy (non-hydrogen) atoms. The van der Waals surface area contributed by atoms with Crippen molar-refractivity contribution in [1.29, 1.82) is 0 Å². The summed E-state index contributed by atoms with van der Waals surface area (Å²) in [5.74, 6) is -0.305. The van der Waals surface area contributed by atoms with Crippen LogP contribution in [0.1, 0.15) is 52.1 Å². The quantitative estimate of drug-likeness (QED) is 0.175. The smallest absolute Gasteiger partial charge is 0.336 e. The normalized spacial score (nSPS) is 11.8. The van der Waals surface area contributed by atoms with Gasteiger partial charge >= 0.3 is 5.97 Å². The monoisotopic (exact) mass is 553 g/mol. The first kappa shape index (κ1) is 27.0. The number of benzene rings is 4. The number of halogens is 1. The number of para-hydroxylation sites is 3. The number of carbonyl (C=O) groups is 2. The van der Waals surface area contributed by atoms with Crippen LogP contribution in [0.5, 0.6) is 5.75 Å². The van der Waals surface area contributed by atoms with Gasteiger partial charge in [0.1, 0.15) is 11.6 Å². The number of ether oxygens (including phenoxy) is 1. The Morgan fingerprint density at radius 3 is 2.52 bits per heavy atom. The van der Waals surface area contributed by atoms with Crippen molar-refractivity contribution >= 4 is 34.5 Å². The molecule has 1 amide bonds. The van der Waals surface area contributed by atoms with Gasteiger partial charge in [0.2, 0.25) is 0 Å². The molecule has 202 valence electrons. The minimum Gasteiger partial charge on any atom is -0.496 e. The van der Waals surface area contributed by atoms with Crippen LogP contribution in [0.25, 0.3) is 33.5 Å². The lowest BCUT2D eigenvalue weighted by molar-refractivity contribution is 0.0697. The lowest BCUT2D eigenvalue weighted by Gasteiger charge is -2.21. The minimum atomic E-state index is -1.17. The molecule has 1 heterocycles. The van der Waals surface area contributed by atoms with Gasteiger partial charge in [-0.3, -0.25) is 4.79 Å². The molecule has 0 saturated heterocycles. The lowest BCUT2D eigenvalue weighted by Crippen LogP contribution is -2.29. The number of amides is 1. The third-order valence-electron chi connectivity index (χ3n) is 6.84. The maximum Gasteiger partial charge on any atom is 0.336 e. The first-order chi connectivity index (χ1) is 19.4. The van der Waals surface area contributed by atoms with E-state index in [0.29, 0.717) is 39.7 Å². The number of hydrogen-bond acceptors (Lipinski definition) is 4. The number of aromatic nitrogens is 2. The second-order valence-electron chi connectivity index (χ2n) is 9.39. The first-order valence-corrected chi connectivity index (χ1v) is 13.3. The number of carbonyl (C=O) groups excluding carboxylic acids is 1. The van der Waals surface area contributed by atoms with E-state index in [0.717, 1.165) is 23.0 Å². The van der Waals surface area contributed by atoms with Crippen molar-refractivity contribution in [3.8, 4) is 28.3 Å². The molecule has 0 spiro atoms. The summed E-state index contributed by atoms with van der Waals surface area (Å²) in [6.45, 7) is 2.04. The number of fused-ring (bicyclic) bond motifs is 1. The Morgan fingerprint density at radius 1 is 1.00 bits per heavy atom. The fraction of sp³-hybridized carbons (Fsp3) is 0.156. The van der Waals surface area contributed by atoms with Gasteiger partial charge in [0.15, 0.2) is 0 Å². The molecule has 1 aromatic heterocycles. The van der Waals surface area contributed by atoms with Crippen molar-refractivity contribution in [1.82, 2.24) is 15.3 Å². The molecule has 0 aliphatic rings. The summed E-state index contributed by atoms with van der Waals surface area (Å²) in [7, 11) is 1.59. The Hall–Kier alpha value is -4.62. The summed E-state index contributed by atoms with van der Waals surface area (Å²) in [6, 6.07) is 24.8. The highest BCUT2D eigenvalue weighted by atomic mass is 35.5. The van der Waals surface area contributed by atoms with E-state index in [9.17, 15) is 14.7 Å². The van der Waals surface area contributed by atoms with Crippen molar-refractivity contribution < 1.29 is 19.4 Å². The van der Waals surface area contributed by atoms with Crippen molar-refractivity contribution in [3.63, 3.8) is 0 Å². The van der Waals surface area contributed by atoms with Crippen LogP contribution in [0, 0.1) is 0 Å². The van der Waals surface area contributed by atoms with E-state index in [-0.39, 0.29) is 23.1 Å². The van der Waals surface area contributed by atoms with Crippen LogP contribution in [-0.2, 0) is 0 Å². The van der Waals surface area contributed by atoms with Crippen LogP contribution in [0.15, 0.2) is 84.9 Å². The molecule has 0 fully saturated rings. The minimum absolute atomic E-state index is 0.0394. The van der Waals surface area contributed by atoms with Crippen LogP contribution in [0.4, 0.5) is 0 Å². The fourth-order valence-corrected chi connectivity index (χ4v) is 5.22. The van der Waals surface area contributed by atoms with E-state index in [1.54, 1.807) is 31.4 Å². The van der Waals surface area contributed by atoms with Crippen LogP contribution < -0.4 is 10.1 Å². The third-order valence-corrected chi connectivity index (χ3v) is 7.15. The molecule has 0 radical (unpaired) electrons. The molecule has 5 rings (SSSR count). The summed E-state index contributed by atoms with van der Waals surface area (Å²) < 4.78 is 5.50. The zero-order chi connectivity index (χ0) is 28.2. The average Bonchev–Trinajstić information content (AvgIpc) is 3.41. The number of aromatic amines is 1. The van der Waals surface area contributed by atoms with E-state index < -0.39 is 5.97 Å². The van der Waals surface area contributed by atoms with Gasteiger partial charge < -0.3 is 20.1 Å². The van der Waals surface area contributed by atoms with Gasteiger partial charge in [-0.25, -0.2) is 9.78 Å². The molecule has 0 aliphatic carbocycles. The molecular weight excluding hydrogens is 526 g/mol. The van der Waals surface area contributed by atoms with E-state index in [2.05, 4.69) is 15.3 Å². The molecular formula is C32H28ClN3O4. The van der Waals surface area contributed by atoms with Gasteiger partial charge in [0.25, 0.3) is 5.91 Å². The Bertz CT molecular complexity index is 1680. The first-order valence-electron chi connectivity index (χ1n) is 13.0. The van der Waals surface area contributed by atoms with Gasteiger partial charge in [0, 0.05) is 27.3 Å². The third kappa shape index (κ3) is 5.28. The van der Waals surface area contributed by atoms with Gasteiger partial charge in [-0.2, -0.15) is 0 Å². The molecule has 4 aromatic carbocycles. The average molecular weight is 554 g/mol. The van der Waals surface area contributed by atoms with Crippen molar-refractivity contribution in [2.75, 3.05) is 7.11 Å². The maximum atomic E-state index is 13.4. The van der Waals surface area contributed by atoms with Crippen LogP contribution in [0.3, 0.4) is 0 Å². The lowest BCUT2D eigenvalue weighted by atomic mass is 9.93. The number of methoxy groups -OCH3 is 1. The largest absolute Gasteiger partial charge is 0.496 e. The van der Waals surface area contributed by atoms with Crippen LogP contribution >= 0.6 is 11.6 Å². The topological polar surface area (TPSA) is 104 Å². The Kier molecular flexibility index (Phi) is 7.84. The van der Waals surface area contributed by atoms with E-state index >= 15 is 0 Å². The Morgan fingerprint density at radius 2 is 1.77 bits per heavy atom. The zero-order valence-corrected chi connectivity index (χ0v) is 22.8. The molecule has 5 aromatic rings. The number of nitrogens with one attached hydrogen (secondary N) is 2. The van der Waals surface area contributed by atoms with E-state index in [4.69, 9.17) is 16.3 Å². The molecule has 3 N–H and O–H groups in total. The van der Waals surface area contributed by atoms with Gasteiger partial charge in [-0.1, -0.05) is 73.5 Å². The summed E-state index contributed by atoms with van der Waals surface area (Å²) in [5.41, 5.74) is 4.25. The number of carboxylic acids is 1. The number of imidazole rings is 1. The highest BCUT2D eigenvalue weighted by Gasteiger charge is 2.23. The standard InChI is InChI=1S/C32H28ClN3O4/c1-3-9-25(21-10-4-7-15-28(21)40-2)36-31(37)19-16-17-20(23(18-19)32(38)39)29-22(11-8-12-24(29)33)30-34-26-13-5-6-14-27(26)35-30/h4-8,10-18,25H,3,9H2,1-2H3,(H,34,35)(H,36,37)(H,38,39)/t25-/m0/s1. The van der Waals surface area contributed by atoms with Crippen molar-refractivity contribution in [2.45, 2.75) is 25.8 Å². The maximum absolute atomic E-state index is 13.4. The van der Waals surface area contributed by atoms with Gasteiger partial charge in [0.05, 0.1) is 29.7 Å². The number of hydrogen-bond donors (Lipinski definition) is 3.